The zero-order valence-corrected chi connectivity index (χ0v) is 16.2. The third kappa shape index (κ3) is 7.40. The van der Waals surface area contributed by atoms with Gasteiger partial charge in [-0.15, -0.1) is 5.06 Å². The van der Waals surface area contributed by atoms with E-state index in [4.69, 9.17) is 14.3 Å². The molecule has 2 aliphatic heterocycles. The smallest absolute Gasteiger partial charge is 0.430 e. The average Bonchev–Trinajstić information content (AvgIpc) is 3.19. The zero-order chi connectivity index (χ0) is 21.9. The van der Waals surface area contributed by atoms with E-state index in [1.807, 2.05) is 0 Å². The molecular weight excluding hydrogens is 408 g/mol. The predicted octanol–water partition coefficient (Wildman–Crippen LogP) is -0.376. The molecule has 13 heteroatoms. The van der Waals surface area contributed by atoms with Crippen LogP contribution in [0.3, 0.4) is 0 Å². The van der Waals surface area contributed by atoms with Crippen molar-refractivity contribution >= 4 is 35.8 Å². The van der Waals surface area contributed by atoms with E-state index in [9.17, 15) is 28.8 Å². The molecule has 166 valence electrons. The van der Waals surface area contributed by atoms with Gasteiger partial charge in [-0.3, -0.25) is 24.0 Å². The Morgan fingerprint density at radius 2 is 1.13 bits per heavy atom. The van der Waals surface area contributed by atoms with Crippen molar-refractivity contribution in [3.8, 4) is 0 Å². The summed E-state index contributed by atoms with van der Waals surface area (Å²) in [7, 11) is 0. The molecule has 0 unspecified atom stereocenters. The summed E-state index contributed by atoms with van der Waals surface area (Å²) >= 11 is 0. The number of carbonyl (C=O) groups excluding carboxylic acids is 6. The van der Waals surface area contributed by atoms with E-state index >= 15 is 0 Å². The lowest BCUT2D eigenvalue weighted by atomic mass is 10.3. The van der Waals surface area contributed by atoms with Crippen LogP contribution in [0, 0.1) is 0 Å². The van der Waals surface area contributed by atoms with Gasteiger partial charge < -0.3 is 19.0 Å². The van der Waals surface area contributed by atoms with Crippen LogP contribution in [0.5, 0.6) is 0 Å². The maximum absolute atomic E-state index is 11.6. The normalized spacial score (nSPS) is 16.4. The van der Waals surface area contributed by atoms with Crippen LogP contribution in [0.4, 0.5) is 4.79 Å². The number of nitrogens with zero attached hydrogens (tertiary/aromatic N) is 2. The van der Waals surface area contributed by atoms with Gasteiger partial charge in [-0.2, -0.15) is 0 Å². The summed E-state index contributed by atoms with van der Waals surface area (Å²) in [5.41, 5.74) is 0. The minimum Gasteiger partial charge on any atom is -0.430 e. The van der Waals surface area contributed by atoms with E-state index in [1.165, 1.54) is 0 Å². The van der Waals surface area contributed by atoms with Gasteiger partial charge in [-0.05, 0) is 6.42 Å². The third-order valence-electron chi connectivity index (χ3n) is 3.86. The van der Waals surface area contributed by atoms with Crippen LogP contribution in [0.1, 0.15) is 38.5 Å². The predicted molar refractivity (Wildman–Crippen MR) is 91.6 cm³/mol. The Hall–Kier alpha value is -3.06. The second-order valence-electron chi connectivity index (χ2n) is 6.15. The summed E-state index contributed by atoms with van der Waals surface area (Å²) in [5.74, 6) is -2.96. The van der Waals surface area contributed by atoms with Crippen LogP contribution < -0.4 is 0 Å². The molecule has 0 aromatic carbocycles. The van der Waals surface area contributed by atoms with E-state index in [2.05, 4.69) is 9.57 Å². The Morgan fingerprint density at radius 3 is 1.70 bits per heavy atom. The highest BCUT2D eigenvalue weighted by Crippen LogP contribution is 2.13. The Morgan fingerprint density at radius 1 is 0.667 bits per heavy atom. The van der Waals surface area contributed by atoms with Crippen LogP contribution in [0.2, 0.25) is 0 Å². The van der Waals surface area contributed by atoms with Crippen LogP contribution in [0.15, 0.2) is 0 Å². The number of ether oxygens (including phenoxy) is 3. The summed E-state index contributed by atoms with van der Waals surface area (Å²) in [5, 5.41) is 0.878. The lowest BCUT2D eigenvalue weighted by molar-refractivity contribution is -0.197. The first-order valence-electron chi connectivity index (χ1n) is 9.31. The highest BCUT2D eigenvalue weighted by atomic mass is 16.8. The topological polar surface area (TPSA) is 155 Å². The highest BCUT2D eigenvalue weighted by Gasteiger charge is 2.33. The summed E-state index contributed by atoms with van der Waals surface area (Å²) in [6, 6.07) is 0. The molecule has 0 saturated carbocycles. The number of hydrogen-bond acceptors (Lipinski definition) is 11. The largest absolute Gasteiger partial charge is 0.534 e. The van der Waals surface area contributed by atoms with Crippen molar-refractivity contribution in [2.24, 2.45) is 0 Å². The summed E-state index contributed by atoms with van der Waals surface area (Å²) < 4.78 is 15.1. The average molecular weight is 430 g/mol. The summed E-state index contributed by atoms with van der Waals surface area (Å²) in [6.45, 7) is 0.558. The first-order valence-corrected chi connectivity index (χ1v) is 9.31. The van der Waals surface area contributed by atoms with Gasteiger partial charge in [0.15, 0.2) is 0 Å². The van der Waals surface area contributed by atoms with Crippen LogP contribution in [0.25, 0.3) is 0 Å². The third-order valence-corrected chi connectivity index (χ3v) is 3.86. The number of rotatable bonds is 12. The minimum absolute atomic E-state index is 0.00575. The molecule has 0 radical (unpaired) electrons. The Labute approximate surface area is 171 Å². The molecule has 0 bridgehead atoms. The molecule has 2 rings (SSSR count). The van der Waals surface area contributed by atoms with E-state index < -0.39 is 35.8 Å². The van der Waals surface area contributed by atoms with Gasteiger partial charge in [0.2, 0.25) is 0 Å². The molecule has 0 atom stereocenters. The molecule has 0 N–H and O–H groups in total. The van der Waals surface area contributed by atoms with Crippen molar-refractivity contribution in [2.45, 2.75) is 38.5 Å². The maximum Gasteiger partial charge on any atom is 0.534 e. The zero-order valence-electron chi connectivity index (χ0n) is 16.2. The number of imide groups is 2. The van der Waals surface area contributed by atoms with Gasteiger partial charge in [0.1, 0.15) is 6.61 Å². The summed E-state index contributed by atoms with van der Waals surface area (Å²) in [6.07, 6.45) is -0.794. The molecule has 13 nitrogen and oxygen atoms in total. The molecule has 0 aromatic rings. The molecule has 2 aliphatic rings. The van der Waals surface area contributed by atoms with Gasteiger partial charge in [0, 0.05) is 32.3 Å². The molecule has 2 saturated heterocycles. The molecule has 2 heterocycles. The molecule has 30 heavy (non-hydrogen) atoms. The van der Waals surface area contributed by atoms with Gasteiger partial charge >= 0.3 is 12.1 Å². The highest BCUT2D eigenvalue weighted by molar-refractivity contribution is 6.02. The fraction of sp³-hybridized carbons (Fsp3) is 0.647. The van der Waals surface area contributed by atoms with E-state index in [1.54, 1.807) is 0 Å². The van der Waals surface area contributed by atoms with Gasteiger partial charge in [-0.25, -0.2) is 9.59 Å². The van der Waals surface area contributed by atoms with Crippen LogP contribution >= 0.6 is 0 Å². The molecule has 2 fully saturated rings. The van der Waals surface area contributed by atoms with Gasteiger partial charge in [0.05, 0.1) is 26.2 Å². The first-order chi connectivity index (χ1) is 14.4. The number of hydrogen-bond donors (Lipinski definition) is 0. The molecule has 0 aliphatic carbocycles. The monoisotopic (exact) mass is 430 g/mol. The molecule has 4 amide bonds. The van der Waals surface area contributed by atoms with Crippen molar-refractivity contribution < 1.29 is 52.7 Å². The fourth-order valence-corrected chi connectivity index (χ4v) is 2.39. The maximum atomic E-state index is 11.6. The Balaban J connectivity index is 1.39. The van der Waals surface area contributed by atoms with Crippen molar-refractivity contribution in [1.29, 1.82) is 0 Å². The number of amides is 4. The SMILES string of the molecule is O=C(CCCOCCOCCOC(=O)ON1C(=O)CCC1=O)ON1C(=O)CCC1=O. The van der Waals surface area contributed by atoms with E-state index in [0.717, 1.165) is 0 Å². The van der Waals surface area contributed by atoms with Crippen molar-refractivity contribution in [3.05, 3.63) is 0 Å². The summed E-state index contributed by atoms with van der Waals surface area (Å²) in [4.78, 5) is 77.2. The van der Waals surface area contributed by atoms with E-state index in [0.29, 0.717) is 16.5 Å². The standard InChI is InChI=1S/C17H22N2O11/c20-12-3-4-13(21)18(12)29-16(24)2-1-7-26-8-9-27-10-11-28-17(25)30-19-14(22)5-6-15(19)23/h1-11H2. The number of carbonyl (C=O) groups is 6. The Bertz CT molecular complexity index is 603. The second kappa shape index (κ2) is 11.8. The van der Waals surface area contributed by atoms with Gasteiger partial charge in [-0.1, -0.05) is 5.06 Å². The quantitative estimate of drug-likeness (QED) is 0.226. The first kappa shape index (κ1) is 23.2. The molecular formula is C17H22N2O11. The van der Waals surface area contributed by atoms with E-state index in [-0.39, 0.29) is 65.1 Å². The van der Waals surface area contributed by atoms with Crippen molar-refractivity contribution in [2.75, 3.05) is 33.0 Å². The van der Waals surface area contributed by atoms with Crippen LogP contribution in [-0.2, 0) is 47.9 Å². The van der Waals surface area contributed by atoms with Crippen LogP contribution in [-0.4, -0.2) is 78.9 Å². The fourth-order valence-electron chi connectivity index (χ4n) is 2.39. The van der Waals surface area contributed by atoms with Gasteiger partial charge in [0.25, 0.3) is 23.6 Å². The van der Waals surface area contributed by atoms with Crippen molar-refractivity contribution in [1.82, 2.24) is 10.1 Å². The second-order valence-corrected chi connectivity index (χ2v) is 6.15. The Kier molecular flexibility index (Phi) is 9.15. The van der Waals surface area contributed by atoms with Crippen molar-refractivity contribution in [3.63, 3.8) is 0 Å². The lowest BCUT2D eigenvalue weighted by Crippen LogP contribution is -2.32. The lowest BCUT2D eigenvalue weighted by Gasteiger charge is -2.12. The molecule has 0 spiro atoms. The number of hydroxylamine groups is 4. The minimum atomic E-state index is -1.18. The molecule has 0 aromatic heterocycles.